The van der Waals surface area contributed by atoms with Crippen molar-refractivity contribution >= 4 is 11.4 Å². The molecule has 0 radical (unpaired) electrons. The summed E-state index contributed by atoms with van der Waals surface area (Å²) in [5.41, 5.74) is 3.60. The maximum atomic E-state index is 13.1. The molecule has 0 atom stereocenters. The van der Waals surface area contributed by atoms with Gasteiger partial charge in [0.15, 0.2) is 11.6 Å². The van der Waals surface area contributed by atoms with E-state index in [2.05, 4.69) is 5.32 Å². The zero-order valence-corrected chi connectivity index (χ0v) is 9.72. The van der Waals surface area contributed by atoms with Gasteiger partial charge in [-0.05, 0) is 37.1 Å². The number of hydrogen-bond acceptors (Lipinski definition) is 1. The molecule has 0 aliphatic rings. The van der Waals surface area contributed by atoms with Gasteiger partial charge in [0.2, 0.25) is 0 Å². The standard InChI is InChI=1S/C14H13F2N/c1-9-4-3-5-10(2)14(9)17-11-6-7-12(15)13(16)8-11/h3-8,17H,1-2H3. The van der Waals surface area contributed by atoms with Gasteiger partial charge in [-0.1, -0.05) is 18.2 Å². The molecule has 0 unspecified atom stereocenters. The van der Waals surface area contributed by atoms with Gasteiger partial charge in [-0.3, -0.25) is 0 Å². The van der Waals surface area contributed by atoms with Crippen molar-refractivity contribution < 1.29 is 8.78 Å². The molecule has 0 amide bonds. The minimum atomic E-state index is -0.846. The molecule has 88 valence electrons. The Morgan fingerprint density at radius 2 is 1.53 bits per heavy atom. The molecule has 0 saturated carbocycles. The van der Waals surface area contributed by atoms with E-state index in [1.807, 2.05) is 32.0 Å². The Labute approximate surface area is 99.1 Å². The van der Waals surface area contributed by atoms with E-state index >= 15 is 0 Å². The Bertz CT molecular complexity index is 530. The van der Waals surface area contributed by atoms with Gasteiger partial charge in [0, 0.05) is 17.4 Å². The second kappa shape index (κ2) is 4.53. The molecule has 0 aliphatic heterocycles. The molecule has 17 heavy (non-hydrogen) atoms. The number of halogens is 2. The molecule has 0 bridgehead atoms. The van der Waals surface area contributed by atoms with Crippen molar-refractivity contribution in [1.29, 1.82) is 0 Å². The third kappa shape index (κ3) is 2.44. The quantitative estimate of drug-likeness (QED) is 0.814. The Hall–Kier alpha value is -1.90. The number of benzene rings is 2. The topological polar surface area (TPSA) is 12.0 Å². The van der Waals surface area contributed by atoms with E-state index < -0.39 is 11.6 Å². The number of para-hydroxylation sites is 1. The van der Waals surface area contributed by atoms with Crippen LogP contribution in [0.4, 0.5) is 20.2 Å². The van der Waals surface area contributed by atoms with Crippen LogP contribution in [0.3, 0.4) is 0 Å². The van der Waals surface area contributed by atoms with Gasteiger partial charge in [-0.15, -0.1) is 0 Å². The van der Waals surface area contributed by atoms with E-state index in [1.54, 1.807) is 0 Å². The highest BCUT2D eigenvalue weighted by Gasteiger charge is 2.05. The van der Waals surface area contributed by atoms with Gasteiger partial charge < -0.3 is 5.32 Å². The summed E-state index contributed by atoms with van der Waals surface area (Å²) < 4.78 is 25.9. The van der Waals surface area contributed by atoms with E-state index in [4.69, 9.17) is 0 Å². The van der Waals surface area contributed by atoms with Crippen molar-refractivity contribution in [1.82, 2.24) is 0 Å². The van der Waals surface area contributed by atoms with Crippen LogP contribution in [-0.2, 0) is 0 Å². The molecule has 0 fully saturated rings. The van der Waals surface area contributed by atoms with Gasteiger partial charge in [0.1, 0.15) is 0 Å². The third-order valence-corrected chi connectivity index (χ3v) is 2.67. The summed E-state index contributed by atoms with van der Waals surface area (Å²) in [6, 6.07) is 9.68. The van der Waals surface area contributed by atoms with Crippen LogP contribution in [0.2, 0.25) is 0 Å². The Balaban J connectivity index is 2.35. The summed E-state index contributed by atoms with van der Waals surface area (Å²) in [6.07, 6.45) is 0. The highest BCUT2D eigenvalue weighted by molar-refractivity contribution is 5.66. The van der Waals surface area contributed by atoms with Crippen LogP contribution >= 0.6 is 0 Å². The lowest BCUT2D eigenvalue weighted by molar-refractivity contribution is 0.509. The molecule has 1 nitrogen and oxygen atoms in total. The number of hydrogen-bond donors (Lipinski definition) is 1. The second-order valence-corrected chi connectivity index (χ2v) is 4.02. The lowest BCUT2D eigenvalue weighted by Gasteiger charge is -2.12. The van der Waals surface area contributed by atoms with Gasteiger partial charge in [0.05, 0.1) is 0 Å². The van der Waals surface area contributed by atoms with Crippen molar-refractivity contribution in [2.45, 2.75) is 13.8 Å². The second-order valence-electron chi connectivity index (χ2n) is 4.02. The first-order chi connectivity index (χ1) is 8.08. The molecular formula is C14H13F2N. The number of rotatable bonds is 2. The molecular weight excluding hydrogens is 220 g/mol. The fourth-order valence-electron chi connectivity index (χ4n) is 1.73. The Morgan fingerprint density at radius 1 is 0.882 bits per heavy atom. The number of nitrogens with one attached hydrogen (secondary N) is 1. The van der Waals surface area contributed by atoms with Gasteiger partial charge in [-0.2, -0.15) is 0 Å². The first kappa shape index (κ1) is 11.6. The van der Waals surface area contributed by atoms with Crippen molar-refractivity contribution in [3.05, 3.63) is 59.2 Å². The maximum Gasteiger partial charge on any atom is 0.160 e. The van der Waals surface area contributed by atoms with Crippen molar-refractivity contribution in [3.63, 3.8) is 0 Å². The van der Waals surface area contributed by atoms with Crippen LogP contribution in [-0.4, -0.2) is 0 Å². The molecule has 2 aromatic carbocycles. The summed E-state index contributed by atoms with van der Waals surface area (Å²) >= 11 is 0. The van der Waals surface area contributed by atoms with E-state index in [0.29, 0.717) is 5.69 Å². The predicted molar refractivity (Wildman–Crippen MR) is 65.6 cm³/mol. The van der Waals surface area contributed by atoms with Crippen molar-refractivity contribution in [2.24, 2.45) is 0 Å². The minimum absolute atomic E-state index is 0.543. The molecule has 0 saturated heterocycles. The molecule has 1 N–H and O–H groups in total. The van der Waals surface area contributed by atoms with Crippen molar-refractivity contribution in [3.8, 4) is 0 Å². The Morgan fingerprint density at radius 3 is 2.12 bits per heavy atom. The van der Waals surface area contributed by atoms with Crippen LogP contribution in [0.5, 0.6) is 0 Å². The molecule has 2 rings (SSSR count). The summed E-state index contributed by atoms with van der Waals surface area (Å²) in [6.45, 7) is 3.93. The normalized spacial score (nSPS) is 10.4. The fourth-order valence-corrected chi connectivity index (χ4v) is 1.73. The molecule has 0 aromatic heterocycles. The van der Waals surface area contributed by atoms with E-state index in [-0.39, 0.29) is 0 Å². The van der Waals surface area contributed by atoms with Crippen LogP contribution in [0.1, 0.15) is 11.1 Å². The van der Waals surface area contributed by atoms with E-state index in [9.17, 15) is 8.78 Å². The lowest BCUT2D eigenvalue weighted by atomic mass is 10.1. The minimum Gasteiger partial charge on any atom is -0.355 e. The number of anilines is 2. The molecule has 2 aromatic rings. The summed E-state index contributed by atoms with van der Waals surface area (Å²) in [4.78, 5) is 0. The molecule has 0 aliphatic carbocycles. The zero-order valence-electron chi connectivity index (χ0n) is 9.72. The van der Waals surface area contributed by atoms with E-state index in [0.717, 1.165) is 28.9 Å². The summed E-state index contributed by atoms with van der Waals surface area (Å²) in [5.74, 6) is -1.68. The number of aryl methyl sites for hydroxylation is 2. The van der Waals surface area contributed by atoms with Gasteiger partial charge in [-0.25, -0.2) is 8.78 Å². The van der Waals surface area contributed by atoms with E-state index in [1.165, 1.54) is 6.07 Å². The summed E-state index contributed by atoms with van der Waals surface area (Å²) in [7, 11) is 0. The highest BCUT2D eigenvalue weighted by atomic mass is 19.2. The highest BCUT2D eigenvalue weighted by Crippen LogP contribution is 2.25. The molecule has 3 heteroatoms. The summed E-state index contributed by atoms with van der Waals surface area (Å²) in [5, 5.41) is 3.10. The Kier molecular flexibility index (Phi) is 3.09. The average Bonchev–Trinajstić information content (AvgIpc) is 2.28. The monoisotopic (exact) mass is 233 g/mol. The zero-order chi connectivity index (χ0) is 12.4. The van der Waals surface area contributed by atoms with Crippen LogP contribution in [0.25, 0.3) is 0 Å². The first-order valence-corrected chi connectivity index (χ1v) is 5.36. The van der Waals surface area contributed by atoms with Crippen LogP contribution in [0, 0.1) is 25.5 Å². The van der Waals surface area contributed by atoms with Crippen LogP contribution < -0.4 is 5.32 Å². The lowest BCUT2D eigenvalue weighted by Crippen LogP contribution is -1.97. The van der Waals surface area contributed by atoms with Gasteiger partial charge in [0.25, 0.3) is 0 Å². The maximum absolute atomic E-state index is 13.1. The molecule has 0 heterocycles. The third-order valence-electron chi connectivity index (χ3n) is 2.67. The predicted octanol–water partition coefficient (Wildman–Crippen LogP) is 4.33. The first-order valence-electron chi connectivity index (χ1n) is 5.36. The SMILES string of the molecule is Cc1cccc(C)c1Nc1ccc(F)c(F)c1. The van der Waals surface area contributed by atoms with Gasteiger partial charge >= 0.3 is 0 Å². The smallest absolute Gasteiger partial charge is 0.160 e. The molecule has 0 spiro atoms. The van der Waals surface area contributed by atoms with Crippen LogP contribution in [0.15, 0.2) is 36.4 Å². The fraction of sp³-hybridized carbons (Fsp3) is 0.143. The largest absolute Gasteiger partial charge is 0.355 e. The average molecular weight is 233 g/mol. The van der Waals surface area contributed by atoms with Crippen molar-refractivity contribution in [2.75, 3.05) is 5.32 Å².